The van der Waals surface area contributed by atoms with Gasteiger partial charge in [-0.3, -0.25) is 4.18 Å². The molecule has 0 spiro atoms. The van der Waals surface area contributed by atoms with Crippen LogP contribution in [-0.2, 0) is 20.3 Å². The highest BCUT2D eigenvalue weighted by Crippen LogP contribution is 1.78. The number of ether oxygens (including phenoxy) is 1. The number of rotatable bonds is 4. The summed E-state index contributed by atoms with van der Waals surface area (Å²) in [6.45, 7) is 2.01. The van der Waals surface area contributed by atoms with Crippen LogP contribution in [0.5, 0.6) is 0 Å². The third kappa shape index (κ3) is 11.5. The van der Waals surface area contributed by atoms with E-state index in [0.717, 1.165) is 0 Å². The summed E-state index contributed by atoms with van der Waals surface area (Å²) >= 11 is -2.44. The van der Waals surface area contributed by atoms with E-state index in [1.807, 2.05) is 0 Å². The predicted molar refractivity (Wildman–Crippen MR) is 31.5 cm³/mol. The topological polar surface area (TPSA) is 93.6 Å². The minimum absolute atomic E-state index is 0. The van der Waals surface area contributed by atoms with Crippen molar-refractivity contribution in [1.82, 2.24) is 6.15 Å². The van der Waals surface area contributed by atoms with Crippen LogP contribution in [0.1, 0.15) is 6.92 Å². The van der Waals surface area contributed by atoms with Crippen LogP contribution < -0.4 is 6.15 Å². The van der Waals surface area contributed by atoms with E-state index >= 15 is 0 Å². The van der Waals surface area contributed by atoms with Crippen LogP contribution in [0.3, 0.4) is 0 Å². The quantitative estimate of drug-likeness (QED) is 0.350. The van der Waals surface area contributed by atoms with Gasteiger partial charge in [-0.05, 0) is 6.92 Å². The zero-order valence-corrected chi connectivity index (χ0v) is 5.98. The van der Waals surface area contributed by atoms with Gasteiger partial charge in [0.25, 0.3) is 0 Å². The molecule has 9 heavy (non-hydrogen) atoms. The van der Waals surface area contributed by atoms with Gasteiger partial charge in [0.15, 0.2) is 6.79 Å². The van der Waals surface area contributed by atoms with E-state index < -0.39 is 11.4 Å². The zero-order valence-electron chi connectivity index (χ0n) is 5.16. The average Bonchev–Trinajstić information content (AvgIpc) is 1.66. The molecule has 0 saturated heterocycles. The molecule has 0 aliphatic heterocycles. The Hall–Kier alpha value is -0.0100. The molecule has 0 aromatic rings. The molecule has 0 fully saturated rings. The standard InChI is InChI=1S/C3H8O4S.H3N/c1-2-6-3-7-8(4)5;/h2-3H2,1H3,(H,4,5);1H3/p-1. The highest BCUT2D eigenvalue weighted by Gasteiger charge is 1.80. The minimum atomic E-state index is -2.44. The molecule has 6 heteroatoms. The maximum absolute atomic E-state index is 9.57. The fraction of sp³-hybridized carbons (Fsp3) is 1.00. The summed E-state index contributed by atoms with van der Waals surface area (Å²) in [5.74, 6) is 0. The summed E-state index contributed by atoms with van der Waals surface area (Å²) in [5, 5.41) is 0. The van der Waals surface area contributed by atoms with E-state index in [1.165, 1.54) is 0 Å². The fourth-order valence-electron chi connectivity index (χ4n) is 0.157. The molecule has 0 saturated carbocycles. The van der Waals surface area contributed by atoms with Crippen molar-refractivity contribution in [3.05, 3.63) is 0 Å². The number of hydrogen-bond acceptors (Lipinski definition) is 5. The third-order valence-corrected chi connectivity index (χ3v) is 0.720. The second-order valence-corrected chi connectivity index (χ2v) is 1.58. The SMILES string of the molecule is CCOCOS(=O)[O-].N. The summed E-state index contributed by atoms with van der Waals surface area (Å²) < 4.78 is 27.6. The van der Waals surface area contributed by atoms with E-state index in [2.05, 4.69) is 8.92 Å². The van der Waals surface area contributed by atoms with Crippen LogP contribution in [-0.4, -0.2) is 22.2 Å². The van der Waals surface area contributed by atoms with Gasteiger partial charge >= 0.3 is 0 Å². The second-order valence-electron chi connectivity index (χ2n) is 0.933. The first-order chi connectivity index (χ1) is 3.77. The summed E-state index contributed by atoms with van der Waals surface area (Å²) in [6, 6.07) is 0. The maximum atomic E-state index is 9.57. The van der Waals surface area contributed by atoms with Gasteiger partial charge in [-0.15, -0.1) is 0 Å². The van der Waals surface area contributed by atoms with Crippen LogP contribution in [0.4, 0.5) is 0 Å². The monoisotopic (exact) mass is 156 g/mol. The molecule has 1 atom stereocenters. The van der Waals surface area contributed by atoms with Gasteiger partial charge in [0.05, 0.1) is 11.4 Å². The highest BCUT2D eigenvalue weighted by atomic mass is 32.2. The minimum Gasteiger partial charge on any atom is -0.750 e. The molecule has 0 radical (unpaired) electrons. The normalized spacial score (nSPS) is 12.2. The first-order valence-corrected chi connectivity index (χ1v) is 3.07. The lowest BCUT2D eigenvalue weighted by Crippen LogP contribution is -2.01. The van der Waals surface area contributed by atoms with Gasteiger partial charge in [-0.25, -0.2) is 4.21 Å². The van der Waals surface area contributed by atoms with Gasteiger partial charge in [0.2, 0.25) is 0 Å². The lowest BCUT2D eigenvalue weighted by Gasteiger charge is -2.03. The van der Waals surface area contributed by atoms with E-state index in [9.17, 15) is 8.76 Å². The average molecular weight is 156 g/mol. The Kier molecular flexibility index (Phi) is 10.4. The van der Waals surface area contributed by atoms with E-state index in [1.54, 1.807) is 6.92 Å². The Balaban J connectivity index is 0. The molecule has 0 aromatic heterocycles. The largest absolute Gasteiger partial charge is 0.750 e. The van der Waals surface area contributed by atoms with Crippen molar-refractivity contribution in [1.29, 1.82) is 0 Å². The summed E-state index contributed by atoms with van der Waals surface area (Å²) in [5.41, 5.74) is 0. The van der Waals surface area contributed by atoms with E-state index in [-0.39, 0.29) is 12.9 Å². The molecule has 0 aromatic carbocycles. The Bertz CT molecular complexity index is 78.2. The molecule has 0 amide bonds. The molecular formula is C3H10NO4S-. The molecule has 0 aliphatic rings. The van der Waals surface area contributed by atoms with Gasteiger partial charge in [-0.2, -0.15) is 0 Å². The van der Waals surface area contributed by atoms with Crippen LogP contribution in [0, 0.1) is 0 Å². The Morgan fingerprint density at radius 3 is 2.56 bits per heavy atom. The molecule has 0 heterocycles. The van der Waals surface area contributed by atoms with E-state index in [4.69, 9.17) is 0 Å². The first kappa shape index (κ1) is 11.7. The highest BCUT2D eigenvalue weighted by molar-refractivity contribution is 7.74. The van der Waals surface area contributed by atoms with Gasteiger partial charge in [-0.1, -0.05) is 0 Å². The van der Waals surface area contributed by atoms with Gasteiger partial charge in [0, 0.05) is 6.61 Å². The van der Waals surface area contributed by atoms with Crippen LogP contribution in [0.15, 0.2) is 0 Å². The zero-order chi connectivity index (χ0) is 6.41. The predicted octanol–water partition coefficient (Wildman–Crippen LogP) is -0.0469. The maximum Gasteiger partial charge on any atom is 0.161 e. The van der Waals surface area contributed by atoms with Crippen LogP contribution in [0.25, 0.3) is 0 Å². The molecule has 0 rings (SSSR count). The number of hydrogen-bond donors (Lipinski definition) is 1. The van der Waals surface area contributed by atoms with Crippen molar-refractivity contribution in [2.24, 2.45) is 0 Å². The van der Waals surface area contributed by atoms with Crippen molar-refractivity contribution in [2.75, 3.05) is 13.4 Å². The lowest BCUT2D eigenvalue weighted by molar-refractivity contribution is 0.0251. The smallest absolute Gasteiger partial charge is 0.161 e. The molecule has 1 unspecified atom stereocenters. The molecular weight excluding hydrogens is 146 g/mol. The Morgan fingerprint density at radius 1 is 1.67 bits per heavy atom. The van der Waals surface area contributed by atoms with Crippen molar-refractivity contribution in [2.45, 2.75) is 6.92 Å². The summed E-state index contributed by atoms with van der Waals surface area (Å²) in [4.78, 5) is 0. The van der Waals surface area contributed by atoms with Crippen molar-refractivity contribution in [3.63, 3.8) is 0 Å². The van der Waals surface area contributed by atoms with Crippen LogP contribution >= 0.6 is 0 Å². The fourth-order valence-corrected chi connectivity index (χ4v) is 0.303. The van der Waals surface area contributed by atoms with Gasteiger partial charge < -0.3 is 15.4 Å². The first-order valence-electron chi connectivity index (χ1n) is 2.07. The van der Waals surface area contributed by atoms with Crippen molar-refractivity contribution in [3.8, 4) is 0 Å². The summed E-state index contributed by atoms with van der Waals surface area (Å²) in [6.07, 6.45) is 0. The molecule has 58 valence electrons. The lowest BCUT2D eigenvalue weighted by atomic mass is 10.9. The molecule has 0 aliphatic carbocycles. The molecule has 0 bridgehead atoms. The van der Waals surface area contributed by atoms with Crippen molar-refractivity contribution >= 4 is 11.4 Å². The van der Waals surface area contributed by atoms with E-state index in [0.29, 0.717) is 6.61 Å². The molecule has 5 nitrogen and oxygen atoms in total. The summed E-state index contributed by atoms with van der Waals surface area (Å²) in [7, 11) is 0. The Labute approximate surface area is 56.4 Å². The Morgan fingerprint density at radius 2 is 2.22 bits per heavy atom. The molecule has 3 N–H and O–H groups in total. The second kappa shape index (κ2) is 7.99. The van der Waals surface area contributed by atoms with Gasteiger partial charge in [0.1, 0.15) is 0 Å². The van der Waals surface area contributed by atoms with Crippen LogP contribution in [0.2, 0.25) is 0 Å². The van der Waals surface area contributed by atoms with Crippen molar-refractivity contribution < 1.29 is 17.7 Å². The third-order valence-electron chi connectivity index (χ3n) is 0.432.